The van der Waals surface area contributed by atoms with Gasteiger partial charge < -0.3 is 10.0 Å². The molecule has 16 heavy (non-hydrogen) atoms. The molecular weight excluding hydrogens is 222 g/mol. The fraction of sp³-hybridized carbons (Fsp3) is 0.455. The number of aromatic nitrogens is 2. The van der Waals surface area contributed by atoms with Crippen LogP contribution in [0.2, 0.25) is 0 Å². The van der Waals surface area contributed by atoms with Gasteiger partial charge in [-0.2, -0.15) is 0 Å². The van der Waals surface area contributed by atoms with E-state index in [1.807, 2.05) is 11.4 Å². The third-order valence-electron chi connectivity index (χ3n) is 2.48. The molecule has 0 bridgehead atoms. The van der Waals surface area contributed by atoms with Crippen LogP contribution in [0.3, 0.4) is 0 Å². The van der Waals surface area contributed by atoms with Gasteiger partial charge >= 0.3 is 0 Å². The van der Waals surface area contributed by atoms with Crippen molar-refractivity contribution in [2.24, 2.45) is 0 Å². The van der Waals surface area contributed by atoms with E-state index in [0.717, 1.165) is 16.0 Å². The molecule has 0 aliphatic carbocycles. The number of anilines is 1. The molecule has 2 aromatic heterocycles. The van der Waals surface area contributed by atoms with E-state index in [2.05, 4.69) is 28.7 Å². The van der Waals surface area contributed by atoms with E-state index in [0.29, 0.717) is 12.6 Å². The van der Waals surface area contributed by atoms with Crippen molar-refractivity contribution in [3.05, 3.63) is 17.8 Å². The highest BCUT2D eigenvalue weighted by Crippen LogP contribution is 2.27. The van der Waals surface area contributed by atoms with E-state index in [1.165, 1.54) is 0 Å². The Morgan fingerprint density at radius 3 is 2.94 bits per heavy atom. The molecule has 0 unspecified atom stereocenters. The molecule has 2 heterocycles. The monoisotopic (exact) mass is 237 g/mol. The molecular formula is C11H15N3OS. The summed E-state index contributed by atoms with van der Waals surface area (Å²) in [5.41, 5.74) is 0. The van der Waals surface area contributed by atoms with E-state index < -0.39 is 0 Å². The maximum absolute atomic E-state index is 9.09. The summed E-state index contributed by atoms with van der Waals surface area (Å²) in [7, 11) is 0. The maximum Gasteiger partial charge on any atom is 0.141 e. The zero-order chi connectivity index (χ0) is 11.5. The van der Waals surface area contributed by atoms with Gasteiger partial charge in [0, 0.05) is 12.6 Å². The minimum Gasteiger partial charge on any atom is -0.395 e. The Kier molecular flexibility index (Phi) is 3.36. The second-order valence-electron chi connectivity index (χ2n) is 3.85. The Bertz CT molecular complexity index is 469. The summed E-state index contributed by atoms with van der Waals surface area (Å²) in [6.45, 7) is 4.92. The number of aliphatic hydroxyl groups is 1. The Morgan fingerprint density at radius 2 is 2.25 bits per heavy atom. The van der Waals surface area contributed by atoms with E-state index in [-0.39, 0.29) is 6.61 Å². The van der Waals surface area contributed by atoms with Gasteiger partial charge in [-0.15, -0.1) is 11.3 Å². The van der Waals surface area contributed by atoms with Crippen LogP contribution in [-0.2, 0) is 0 Å². The first-order valence-corrected chi connectivity index (χ1v) is 6.17. The van der Waals surface area contributed by atoms with Gasteiger partial charge in [-0.1, -0.05) is 0 Å². The van der Waals surface area contributed by atoms with Crippen LogP contribution in [0.5, 0.6) is 0 Å². The third-order valence-corrected chi connectivity index (χ3v) is 3.30. The first-order valence-electron chi connectivity index (χ1n) is 5.29. The summed E-state index contributed by atoms with van der Waals surface area (Å²) < 4.78 is 0. The van der Waals surface area contributed by atoms with Crippen LogP contribution in [0.4, 0.5) is 5.82 Å². The SMILES string of the molecule is CC(C)N(CCO)c1ncnc2sccc12. The summed E-state index contributed by atoms with van der Waals surface area (Å²) in [6, 6.07) is 2.34. The quantitative estimate of drug-likeness (QED) is 0.882. The molecule has 2 aromatic rings. The lowest BCUT2D eigenvalue weighted by Gasteiger charge is -2.27. The highest BCUT2D eigenvalue weighted by Gasteiger charge is 2.15. The Hall–Kier alpha value is -1.20. The van der Waals surface area contributed by atoms with Crippen LogP contribution in [-0.4, -0.2) is 34.3 Å². The van der Waals surface area contributed by atoms with Crippen molar-refractivity contribution < 1.29 is 5.11 Å². The fourth-order valence-corrected chi connectivity index (χ4v) is 2.45. The molecule has 0 saturated heterocycles. The Morgan fingerprint density at radius 1 is 1.44 bits per heavy atom. The zero-order valence-electron chi connectivity index (χ0n) is 9.42. The first-order chi connectivity index (χ1) is 7.74. The average Bonchev–Trinajstić information content (AvgIpc) is 2.73. The molecule has 0 amide bonds. The summed E-state index contributed by atoms with van der Waals surface area (Å²) in [4.78, 5) is 11.6. The molecule has 4 nitrogen and oxygen atoms in total. The predicted octanol–water partition coefficient (Wildman–Crippen LogP) is 1.90. The Balaban J connectivity index is 2.47. The lowest BCUT2D eigenvalue weighted by Crippen LogP contribution is -2.34. The molecule has 0 saturated carbocycles. The molecule has 0 atom stereocenters. The van der Waals surface area contributed by atoms with E-state index in [1.54, 1.807) is 17.7 Å². The fourth-order valence-electron chi connectivity index (χ4n) is 1.72. The maximum atomic E-state index is 9.09. The molecule has 0 fully saturated rings. The van der Waals surface area contributed by atoms with Crippen LogP contribution in [0.1, 0.15) is 13.8 Å². The Labute approximate surface area is 98.6 Å². The summed E-state index contributed by atoms with van der Waals surface area (Å²) in [5.74, 6) is 0.912. The van der Waals surface area contributed by atoms with Crippen LogP contribution < -0.4 is 4.90 Å². The second-order valence-corrected chi connectivity index (χ2v) is 4.74. The molecule has 5 heteroatoms. The second kappa shape index (κ2) is 4.76. The molecule has 86 valence electrons. The number of thiophene rings is 1. The molecule has 0 aromatic carbocycles. The minimum absolute atomic E-state index is 0.133. The first kappa shape index (κ1) is 11.3. The molecule has 0 spiro atoms. The van der Waals surface area contributed by atoms with Gasteiger partial charge in [0.25, 0.3) is 0 Å². The normalized spacial score (nSPS) is 11.2. The third kappa shape index (κ3) is 2.01. The summed E-state index contributed by atoms with van der Waals surface area (Å²) >= 11 is 1.61. The van der Waals surface area contributed by atoms with Crippen molar-refractivity contribution >= 4 is 27.4 Å². The largest absolute Gasteiger partial charge is 0.395 e. The zero-order valence-corrected chi connectivity index (χ0v) is 10.2. The summed E-state index contributed by atoms with van der Waals surface area (Å²) in [5, 5.41) is 12.2. The number of nitrogens with zero attached hydrogens (tertiary/aromatic N) is 3. The number of hydrogen-bond donors (Lipinski definition) is 1. The number of hydrogen-bond acceptors (Lipinski definition) is 5. The van der Waals surface area contributed by atoms with Gasteiger partial charge in [0.15, 0.2) is 0 Å². The van der Waals surface area contributed by atoms with Crippen LogP contribution >= 0.6 is 11.3 Å². The van der Waals surface area contributed by atoms with Crippen molar-refractivity contribution in [1.82, 2.24) is 9.97 Å². The average molecular weight is 237 g/mol. The van der Waals surface area contributed by atoms with Crippen molar-refractivity contribution in [1.29, 1.82) is 0 Å². The standard InChI is InChI=1S/C11H15N3OS/c1-8(2)14(4-5-15)10-9-3-6-16-11(9)13-7-12-10/h3,6-8,15H,4-5H2,1-2H3. The van der Waals surface area contributed by atoms with Crippen molar-refractivity contribution in [2.45, 2.75) is 19.9 Å². The lowest BCUT2D eigenvalue weighted by molar-refractivity contribution is 0.299. The number of rotatable bonds is 4. The topological polar surface area (TPSA) is 49.2 Å². The van der Waals surface area contributed by atoms with Crippen molar-refractivity contribution in [2.75, 3.05) is 18.1 Å². The molecule has 1 N–H and O–H groups in total. The molecule has 0 aliphatic rings. The lowest BCUT2D eigenvalue weighted by atomic mass is 10.2. The van der Waals surface area contributed by atoms with E-state index >= 15 is 0 Å². The summed E-state index contributed by atoms with van der Waals surface area (Å²) in [6.07, 6.45) is 1.58. The van der Waals surface area contributed by atoms with Gasteiger partial charge in [0.05, 0.1) is 12.0 Å². The van der Waals surface area contributed by atoms with Gasteiger partial charge in [-0.25, -0.2) is 9.97 Å². The molecule has 2 rings (SSSR count). The van der Waals surface area contributed by atoms with Gasteiger partial charge in [-0.05, 0) is 25.3 Å². The predicted molar refractivity (Wildman–Crippen MR) is 67.0 cm³/mol. The van der Waals surface area contributed by atoms with Gasteiger partial charge in [-0.3, -0.25) is 0 Å². The smallest absolute Gasteiger partial charge is 0.141 e. The molecule has 0 radical (unpaired) electrons. The van der Waals surface area contributed by atoms with E-state index in [4.69, 9.17) is 5.11 Å². The van der Waals surface area contributed by atoms with Gasteiger partial charge in [0.2, 0.25) is 0 Å². The van der Waals surface area contributed by atoms with Crippen molar-refractivity contribution in [3.8, 4) is 0 Å². The molecule has 0 aliphatic heterocycles. The number of fused-ring (bicyclic) bond motifs is 1. The number of aliphatic hydroxyl groups excluding tert-OH is 1. The minimum atomic E-state index is 0.133. The highest BCUT2D eigenvalue weighted by atomic mass is 32.1. The highest BCUT2D eigenvalue weighted by molar-refractivity contribution is 7.16. The van der Waals surface area contributed by atoms with Crippen LogP contribution in [0.25, 0.3) is 10.2 Å². The van der Waals surface area contributed by atoms with Gasteiger partial charge in [0.1, 0.15) is 17.0 Å². The van der Waals surface area contributed by atoms with Crippen LogP contribution in [0.15, 0.2) is 17.8 Å². The van der Waals surface area contributed by atoms with E-state index in [9.17, 15) is 0 Å². The van der Waals surface area contributed by atoms with Crippen LogP contribution in [0, 0.1) is 0 Å². The van der Waals surface area contributed by atoms with Crippen molar-refractivity contribution in [3.63, 3.8) is 0 Å².